The molecule has 1 aromatic rings. The van der Waals surface area contributed by atoms with Crippen molar-refractivity contribution in [3.05, 3.63) is 18.0 Å². The first-order valence-corrected chi connectivity index (χ1v) is 9.30. The van der Waals surface area contributed by atoms with Crippen molar-refractivity contribution in [3.63, 3.8) is 0 Å². The third-order valence-electron chi connectivity index (χ3n) is 3.92. The van der Waals surface area contributed by atoms with E-state index in [9.17, 15) is 13.5 Å². The van der Waals surface area contributed by atoms with Gasteiger partial charge in [-0.15, -0.1) is 0 Å². The highest BCUT2D eigenvalue weighted by Gasteiger charge is 2.28. The molecular formula is C15H26N2O3S. The topological polar surface area (TPSA) is 71.3 Å². The molecule has 0 aromatic carbocycles. The quantitative estimate of drug-likeness (QED) is 0.688. The second-order valence-electron chi connectivity index (χ2n) is 5.98. The summed E-state index contributed by atoms with van der Waals surface area (Å²) >= 11 is 0. The van der Waals surface area contributed by atoms with Crippen molar-refractivity contribution in [2.24, 2.45) is 0 Å². The Hall–Kier alpha value is -0.850. The van der Waals surface area contributed by atoms with Gasteiger partial charge in [-0.05, 0) is 32.3 Å². The molecule has 1 aliphatic rings. The lowest BCUT2D eigenvalue weighted by Gasteiger charge is -2.13. The number of hydrogen-bond donors (Lipinski definition) is 2. The maximum Gasteiger partial charge on any atom is 0.242 e. The molecule has 0 spiro atoms. The van der Waals surface area contributed by atoms with E-state index in [4.69, 9.17) is 0 Å². The monoisotopic (exact) mass is 314 g/mol. The van der Waals surface area contributed by atoms with E-state index in [0.717, 1.165) is 38.5 Å². The Balaban J connectivity index is 2.05. The van der Waals surface area contributed by atoms with Crippen LogP contribution in [0, 0.1) is 0 Å². The molecular weight excluding hydrogens is 288 g/mol. The number of aliphatic hydroxyl groups is 1. The minimum Gasteiger partial charge on any atom is -0.390 e. The molecule has 1 aliphatic carbocycles. The Morgan fingerprint density at radius 3 is 2.71 bits per heavy atom. The number of rotatable bonds is 9. The van der Waals surface area contributed by atoms with Gasteiger partial charge in [-0.2, -0.15) is 0 Å². The molecule has 1 unspecified atom stereocenters. The first kappa shape index (κ1) is 16.5. The van der Waals surface area contributed by atoms with E-state index in [2.05, 4.69) is 11.6 Å². The Morgan fingerprint density at radius 1 is 1.43 bits per heavy atom. The second kappa shape index (κ2) is 6.94. The van der Waals surface area contributed by atoms with E-state index in [0.29, 0.717) is 11.7 Å². The summed E-state index contributed by atoms with van der Waals surface area (Å²) in [7, 11) is -3.50. The van der Waals surface area contributed by atoms with Crippen LogP contribution in [0.3, 0.4) is 0 Å². The molecule has 1 atom stereocenters. The first-order valence-electron chi connectivity index (χ1n) is 7.82. The van der Waals surface area contributed by atoms with Gasteiger partial charge < -0.3 is 9.67 Å². The van der Waals surface area contributed by atoms with Crippen LogP contribution >= 0.6 is 0 Å². The highest BCUT2D eigenvalue weighted by atomic mass is 32.2. The van der Waals surface area contributed by atoms with Gasteiger partial charge in [0.2, 0.25) is 10.0 Å². The molecule has 1 saturated carbocycles. The zero-order valence-corrected chi connectivity index (χ0v) is 13.7. The third-order valence-corrected chi connectivity index (χ3v) is 5.47. The predicted molar refractivity (Wildman–Crippen MR) is 82.6 cm³/mol. The van der Waals surface area contributed by atoms with Crippen LogP contribution in [0.25, 0.3) is 0 Å². The van der Waals surface area contributed by atoms with Crippen molar-refractivity contribution >= 4 is 10.0 Å². The second-order valence-corrected chi connectivity index (χ2v) is 7.70. The minimum absolute atomic E-state index is 0.0663. The average Bonchev–Trinajstić information content (AvgIpc) is 3.17. The Bertz CT molecular complexity index is 561. The molecule has 0 radical (unpaired) electrons. The molecule has 0 saturated heterocycles. The summed E-state index contributed by atoms with van der Waals surface area (Å²) in [6.45, 7) is 3.90. The van der Waals surface area contributed by atoms with Crippen LogP contribution in [0.1, 0.15) is 64.1 Å². The van der Waals surface area contributed by atoms with E-state index in [-0.39, 0.29) is 17.5 Å². The fourth-order valence-electron chi connectivity index (χ4n) is 2.56. The summed E-state index contributed by atoms with van der Waals surface area (Å²) < 4.78 is 29.4. The Labute approximate surface area is 127 Å². The number of aromatic nitrogens is 1. The van der Waals surface area contributed by atoms with Gasteiger partial charge in [0, 0.05) is 24.0 Å². The zero-order chi connectivity index (χ0) is 15.5. The Morgan fingerprint density at radius 2 is 2.14 bits per heavy atom. The van der Waals surface area contributed by atoms with Crippen LogP contribution in [0.15, 0.2) is 17.2 Å². The van der Waals surface area contributed by atoms with Crippen LogP contribution in [0.4, 0.5) is 0 Å². The lowest BCUT2D eigenvalue weighted by Crippen LogP contribution is -2.32. The lowest BCUT2D eigenvalue weighted by molar-refractivity contribution is 0.270. The normalized spacial score (nSPS) is 17.1. The summed E-state index contributed by atoms with van der Waals surface area (Å²) in [4.78, 5) is 0.265. The van der Waals surface area contributed by atoms with Gasteiger partial charge >= 0.3 is 0 Å². The van der Waals surface area contributed by atoms with E-state index in [1.807, 2.05) is 11.5 Å². The number of unbranched alkanes of at least 4 members (excludes halogenated alkanes) is 2. The van der Waals surface area contributed by atoms with Crippen LogP contribution in [0.5, 0.6) is 0 Å². The highest BCUT2D eigenvalue weighted by molar-refractivity contribution is 7.89. The Kier molecular flexibility index (Phi) is 5.46. The number of nitrogens with zero attached hydrogens (tertiary/aromatic N) is 1. The molecule has 21 heavy (non-hydrogen) atoms. The fourth-order valence-corrected chi connectivity index (χ4v) is 3.88. The maximum atomic E-state index is 12.4. The van der Waals surface area contributed by atoms with Crippen molar-refractivity contribution in [3.8, 4) is 0 Å². The molecule has 2 rings (SSSR count). The number of hydrogen-bond acceptors (Lipinski definition) is 3. The number of sulfonamides is 1. The van der Waals surface area contributed by atoms with Gasteiger partial charge in [0.05, 0.1) is 11.5 Å². The average molecular weight is 314 g/mol. The fraction of sp³-hybridized carbons (Fsp3) is 0.733. The van der Waals surface area contributed by atoms with Crippen molar-refractivity contribution < 1.29 is 13.5 Å². The predicted octanol–water partition coefficient (Wildman–Crippen LogP) is 2.56. The van der Waals surface area contributed by atoms with Gasteiger partial charge in [0.15, 0.2) is 0 Å². The van der Waals surface area contributed by atoms with Crippen LogP contribution in [-0.2, 0) is 16.6 Å². The van der Waals surface area contributed by atoms with E-state index < -0.39 is 10.0 Å². The van der Waals surface area contributed by atoms with E-state index >= 15 is 0 Å². The number of nitrogens with one attached hydrogen (secondary N) is 1. The number of aliphatic hydroxyl groups excluding tert-OH is 1. The van der Waals surface area contributed by atoms with Crippen molar-refractivity contribution in [1.29, 1.82) is 0 Å². The zero-order valence-electron chi connectivity index (χ0n) is 12.9. The molecule has 1 fully saturated rings. The molecule has 120 valence electrons. The van der Waals surface area contributed by atoms with Crippen molar-refractivity contribution in [2.45, 2.75) is 76.0 Å². The molecule has 1 heterocycles. The molecule has 0 aliphatic heterocycles. The van der Waals surface area contributed by atoms with Crippen LogP contribution in [0.2, 0.25) is 0 Å². The van der Waals surface area contributed by atoms with Gasteiger partial charge in [-0.1, -0.05) is 26.2 Å². The van der Waals surface area contributed by atoms with E-state index in [1.54, 1.807) is 12.3 Å². The minimum atomic E-state index is -3.50. The smallest absolute Gasteiger partial charge is 0.242 e. The van der Waals surface area contributed by atoms with Gasteiger partial charge in [-0.3, -0.25) is 0 Å². The third kappa shape index (κ3) is 4.31. The van der Waals surface area contributed by atoms with Crippen molar-refractivity contribution in [2.75, 3.05) is 0 Å². The molecule has 6 heteroatoms. The molecule has 0 amide bonds. The summed E-state index contributed by atoms with van der Waals surface area (Å²) in [5, 5.41) is 9.36. The molecule has 2 N–H and O–H groups in total. The van der Waals surface area contributed by atoms with Crippen LogP contribution in [-0.4, -0.2) is 24.1 Å². The summed E-state index contributed by atoms with van der Waals surface area (Å²) in [6.07, 6.45) is 7.91. The van der Waals surface area contributed by atoms with Crippen LogP contribution < -0.4 is 4.72 Å². The van der Waals surface area contributed by atoms with Gasteiger partial charge in [0.25, 0.3) is 0 Å². The first-order chi connectivity index (χ1) is 9.97. The molecule has 5 nitrogen and oxygen atoms in total. The van der Waals surface area contributed by atoms with Gasteiger partial charge in [0.1, 0.15) is 0 Å². The molecule has 1 aromatic heterocycles. The van der Waals surface area contributed by atoms with Gasteiger partial charge in [-0.25, -0.2) is 13.1 Å². The summed E-state index contributed by atoms with van der Waals surface area (Å²) in [5.41, 5.74) is 0.677. The maximum absolute atomic E-state index is 12.4. The summed E-state index contributed by atoms with van der Waals surface area (Å²) in [5.74, 6) is 0. The SMILES string of the molecule is CCCCCC(C)NS(=O)(=O)c1cc(CO)n(C2CC2)c1. The highest BCUT2D eigenvalue weighted by Crippen LogP contribution is 2.37. The molecule has 0 bridgehead atoms. The van der Waals surface area contributed by atoms with Crippen molar-refractivity contribution in [1.82, 2.24) is 9.29 Å². The summed E-state index contributed by atoms with van der Waals surface area (Å²) in [6, 6.07) is 1.88. The van der Waals surface area contributed by atoms with E-state index in [1.165, 1.54) is 0 Å². The lowest BCUT2D eigenvalue weighted by atomic mass is 10.1. The standard InChI is InChI=1S/C15H26N2O3S/c1-3-4-5-6-12(2)16-21(19,20)15-9-14(11-18)17(10-15)13-7-8-13/h9-10,12-13,16,18H,3-8,11H2,1-2H3. The largest absolute Gasteiger partial charge is 0.390 e.